The van der Waals surface area contributed by atoms with Gasteiger partial charge in [-0.05, 0) is 52.8 Å². The number of H-pyrrole nitrogens is 1. The largest absolute Gasteiger partial charge is 0.354 e. The van der Waals surface area contributed by atoms with Crippen LogP contribution in [0.3, 0.4) is 0 Å². The molecule has 1 aromatic heterocycles. The van der Waals surface area contributed by atoms with Gasteiger partial charge in [0.05, 0.1) is 0 Å². The van der Waals surface area contributed by atoms with Crippen molar-refractivity contribution in [1.29, 1.82) is 0 Å². The molecule has 1 atom stereocenters. The van der Waals surface area contributed by atoms with E-state index in [4.69, 9.17) is 0 Å². The van der Waals surface area contributed by atoms with Crippen LogP contribution in [-0.4, -0.2) is 4.98 Å². The summed E-state index contributed by atoms with van der Waals surface area (Å²) in [5, 5.41) is 2.83. The van der Waals surface area contributed by atoms with Crippen molar-refractivity contribution < 1.29 is 0 Å². The lowest BCUT2D eigenvalue weighted by Crippen LogP contribution is -2.04. The van der Waals surface area contributed by atoms with Gasteiger partial charge in [0.25, 0.3) is 0 Å². The summed E-state index contributed by atoms with van der Waals surface area (Å²) in [7, 11) is 0. The lowest BCUT2D eigenvalue weighted by molar-refractivity contribution is 0.764. The van der Waals surface area contributed by atoms with Gasteiger partial charge in [0.1, 0.15) is 0 Å². The number of hydrogen-bond acceptors (Lipinski definition) is 0. The second kappa shape index (κ2) is 4.72. The van der Waals surface area contributed by atoms with Crippen molar-refractivity contribution in [2.24, 2.45) is 0 Å². The van der Waals surface area contributed by atoms with E-state index in [9.17, 15) is 0 Å². The molecule has 1 aliphatic rings. The van der Waals surface area contributed by atoms with Crippen LogP contribution >= 0.6 is 15.9 Å². The molecular weight excluding hydrogens is 346 g/mol. The fourth-order valence-corrected chi connectivity index (χ4v) is 4.51. The number of hydrogen-bond donors (Lipinski definition) is 1. The zero-order valence-electron chi connectivity index (χ0n) is 12.9. The first-order valence-electron chi connectivity index (χ1n) is 8.04. The van der Waals surface area contributed by atoms with Gasteiger partial charge in [0, 0.05) is 26.3 Å². The van der Waals surface area contributed by atoms with E-state index in [-0.39, 0.29) is 0 Å². The molecule has 23 heavy (non-hydrogen) atoms. The summed E-state index contributed by atoms with van der Waals surface area (Å²) in [4.78, 5) is 3.64. The third kappa shape index (κ3) is 1.91. The highest BCUT2D eigenvalue weighted by atomic mass is 79.9. The molecular formula is C21H16BrN. The number of benzene rings is 3. The van der Waals surface area contributed by atoms with Crippen molar-refractivity contribution in [3.05, 3.63) is 70.2 Å². The Kier molecular flexibility index (Phi) is 2.75. The molecule has 0 fully saturated rings. The van der Waals surface area contributed by atoms with Gasteiger partial charge in [-0.3, -0.25) is 0 Å². The molecule has 1 unspecified atom stereocenters. The Bertz CT molecular complexity index is 1060. The summed E-state index contributed by atoms with van der Waals surface area (Å²) in [6.45, 7) is 2.33. The second-order valence-corrected chi connectivity index (χ2v) is 7.49. The Balaban J connectivity index is 1.90. The number of aromatic amines is 1. The van der Waals surface area contributed by atoms with Crippen LogP contribution in [0.25, 0.3) is 32.9 Å². The third-order valence-electron chi connectivity index (χ3n) is 5.04. The Morgan fingerprint density at radius 2 is 1.70 bits per heavy atom. The van der Waals surface area contributed by atoms with Gasteiger partial charge < -0.3 is 4.98 Å². The minimum Gasteiger partial charge on any atom is -0.354 e. The summed E-state index contributed by atoms with van der Waals surface area (Å²) in [6.07, 6.45) is 1.10. The van der Waals surface area contributed by atoms with E-state index in [1.807, 2.05) is 0 Å². The Morgan fingerprint density at radius 3 is 2.52 bits per heavy atom. The normalized spacial score (nSPS) is 16.5. The van der Waals surface area contributed by atoms with Crippen molar-refractivity contribution in [2.45, 2.75) is 19.3 Å². The zero-order chi connectivity index (χ0) is 15.6. The van der Waals surface area contributed by atoms with E-state index >= 15 is 0 Å². The van der Waals surface area contributed by atoms with Crippen LogP contribution < -0.4 is 0 Å². The van der Waals surface area contributed by atoms with Gasteiger partial charge in [-0.15, -0.1) is 0 Å². The minimum atomic E-state index is 0.549. The fourth-order valence-electron chi connectivity index (χ4n) is 4.03. The van der Waals surface area contributed by atoms with Crippen molar-refractivity contribution in [2.75, 3.05) is 0 Å². The minimum absolute atomic E-state index is 0.549. The van der Waals surface area contributed by atoms with Gasteiger partial charge in [0.15, 0.2) is 0 Å². The van der Waals surface area contributed by atoms with E-state index in [2.05, 4.69) is 82.4 Å². The summed E-state index contributed by atoms with van der Waals surface area (Å²) in [5.74, 6) is 0.549. The SMILES string of the molecule is CC1Cc2cc(-c3ccccc3)cc3[nH]c4cc(Br)cc1c4c23. The third-order valence-corrected chi connectivity index (χ3v) is 5.49. The average molecular weight is 362 g/mol. The van der Waals surface area contributed by atoms with E-state index in [1.54, 1.807) is 0 Å². The fraction of sp³-hybridized carbons (Fsp3) is 0.143. The quantitative estimate of drug-likeness (QED) is 0.403. The standard InChI is InChI=1S/C21H16BrN/c1-12-7-15-8-14(13-5-3-2-4-6-13)9-18-20(15)21-17(12)10-16(22)11-19(21)23-18/h2-6,8-12,23H,7H2,1H3. The predicted molar refractivity (Wildman–Crippen MR) is 101 cm³/mol. The average Bonchev–Trinajstić information content (AvgIpc) is 2.92. The van der Waals surface area contributed by atoms with Gasteiger partial charge in [-0.2, -0.15) is 0 Å². The maximum Gasteiger partial charge on any atom is 0.0479 e. The van der Waals surface area contributed by atoms with Crippen LogP contribution in [0, 0.1) is 0 Å². The van der Waals surface area contributed by atoms with Gasteiger partial charge in [0.2, 0.25) is 0 Å². The van der Waals surface area contributed by atoms with Crippen molar-refractivity contribution in [1.82, 2.24) is 4.98 Å². The molecule has 0 radical (unpaired) electrons. The van der Waals surface area contributed by atoms with E-state index in [1.165, 1.54) is 44.1 Å². The maximum atomic E-state index is 3.66. The molecule has 0 saturated carbocycles. The first kappa shape index (κ1) is 13.4. The molecule has 4 aromatic rings. The highest BCUT2D eigenvalue weighted by molar-refractivity contribution is 9.10. The summed E-state index contributed by atoms with van der Waals surface area (Å²) in [6, 6.07) is 19.8. The summed E-state index contributed by atoms with van der Waals surface area (Å²) in [5.41, 5.74) is 8.00. The van der Waals surface area contributed by atoms with Crippen LogP contribution in [0.5, 0.6) is 0 Å². The predicted octanol–water partition coefficient (Wildman–Crippen LogP) is 6.41. The molecule has 1 aliphatic carbocycles. The Morgan fingerprint density at radius 1 is 0.913 bits per heavy atom. The molecule has 1 heterocycles. The zero-order valence-corrected chi connectivity index (χ0v) is 14.4. The summed E-state index contributed by atoms with van der Waals surface area (Å²) < 4.78 is 1.16. The number of halogens is 1. The van der Waals surface area contributed by atoms with Crippen molar-refractivity contribution in [3.63, 3.8) is 0 Å². The molecule has 3 aromatic carbocycles. The van der Waals surface area contributed by atoms with E-state index < -0.39 is 0 Å². The molecule has 2 heteroatoms. The molecule has 0 amide bonds. The van der Waals surface area contributed by atoms with Crippen molar-refractivity contribution in [3.8, 4) is 11.1 Å². The molecule has 112 valence electrons. The molecule has 5 rings (SSSR count). The number of nitrogens with one attached hydrogen (secondary N) is 1. The second-order valence-electron chi connectivity index (χ2n) is 6.57. The van der Waals surface area contributed by atoms with Crippen LogP contribution in [0.1, 0.15) is 24.0 Å². The van der Waals surface area contributed by atoms with Gasteiger partial charge in [-0.1, -0.05) is 59.3 Å². The monoisotopic (exact) mass is 361 g/mol. The van der Waals surface area contributed by atoms with Crippen molar-refractivity contribution >= 4 is 37.7 Å². The van der Waals surface area contributed by atoms with Crippen LogP contribution in [0.2, 0.25) is 0 Å². The topological polar surface area (TPSA) is 15.8 Å². The molecule has 0 spiro atoms. The highest BCUT2D eigenvalue weighted by Crippen LogP contribution is 2.43. The first-order valence-corrected chi connectivity index (χ1v) is 8.83. The Labute approximate surface area is 143 Å². The lowest BCUT2D eigenvalue weighted by atomic mass is 9.83. The lowest BCUT2D eigenvalue weighted by Gasteiger charge is -2.21. The van der Waals surface area contributed by atoms with Crippen LogP contribution in [-0.2, 0) is 6.42 Å². The number of aromatic nitrogens is 1. The molecule has 0 bridgehead atoms. The molecule has 0 aliphatic heterocycles. The molecule has 1 nitrogen and oxygen atoms in total. The van der Waals surface area contributed by atoms with E-state index in [0.717, 1.165) is 10.9 Å². The van der Waals surface area contributed by atoms with Gasteiger partial charge >= 0.3 is 0 Å². The smallest absolute Gasteiger partial charge is 0.0479 e. The van der Waals surface area contributed by atoms with Crippen LogP contribution in [0.4, 0.5) is 0 Å². The molecule has 1 N–H and O–H groups in total. The van der Waals surface area contributed by atoms with E-state index in [0.29, 0.717) is 5.92 Å². The maximum absolute atomic E-state index is 3.66. The Hall–Kier alpha value is -2.06. The molecule has 0 saturated heterocycles. The van der Waals surface area contributed by atoms with Gasteiger partial charge in [-0.25, -0.2) is 0 Å². The van der Waals surface area contributed by atoms with Crippen LogP contribution in [0.15, 0.2) is 59.1 Å². The number of rotatable bonds is 1. The first-order chi connectivity index (χ1) is 11.2. The highest BCUT2D eigenvalue weighted by Gasteiger charge is 2.23. The summed E-state index contributed by atoms with van der Waals surface area (Å²) >= 11 is 3.66.